The minimum Gasteiger partial charge on any atom is -0.476 e. The summed E-state index contributed by atoms with van der Waals surface area (Å²) in [5, 5.41) is 0. The van der Waals surface area contributed by atoms with Gasteiger partial charge in [-0.3, -0.25) is 0 Å². The summed E-state index contributed by atoms with van der Waals surface area (Å²) in [6.45, 7) is 4.92. The first kappa shape index (κ1) is 9.64. The van der Waals surface area contributed by atoms with Crippen LogP contribution in [0.1, 0.15) is 46.0 Å². The van der Waals surface area contributed by atoms with E-state index in [1.165, 1.54) is 32.1 Å². The van der Waals surface area contributed by atoms with Crippen molar-refractivity contribution in [2.24, 2.45) is 4.99 Å². The van der Waals surface area contributed by atoms with Crippen LogP contribution in [0.5, 0.6) is 0 Å². The third-order valence-electron chi connectivity index (χ3n) is 3.68. The molecule has 0 amide bonds. The fraction of sp³-hybridized carbons (Fsp3) is 0.917. The molecule has 15 heavy (non-hydrogen) atoms. The lowest BCUT2D eigenvalue weighted by atomic mass is 9.86. The molecule has 2 aliphatic heterocycles. The van der Waals surface area contributed by atoms with Gasteiger partial charge in [0.2, 0.25) is 5.90 Å². The Kier molecular flexibility index (Phi) is 1.91. The monoisotopic (exact) mass is 209 g/mol. The quantitative estimate of drug-likeness (QED) is 0.621. The second-order valence-electron chi connectivity index (χ2n) is 5.67. The molecule has 1 saturated carbocycles. The summed E-state index contributed by atoms with van der Waals surface area (Å²) in [6, 6.07) is 0. The Balaban J connectivity index is 1.71. The summed E-state index contributed by atoms with van der Waals surface area (Å²) >= 11 is 0. The Morgan fingerprint density at radius 3 is 2.53 bits per heavy atom. The van der Waals surface area contributed by atoms with Crippen LogP contribution in [0.4, 0.5) is 0 Å². The van der Waals surface area contributed by atoms with E-state index in [0.717, 1.165) is 5.90 Å². The van der Waals surface area contributed by atoms with Crippen molar-refractivity contribution >= 4 is 5.90 Å². The zero-order chi connectivity index (χ0) is 10.5. The molecule has 1 aliphatic carbocycles. The van der Waals surface area contributed by atoms with E-state index in [1.54, 1.807) is 0 Å². The van der Waals surface area contributed by atoms with Crippen molar-refractivity contribution in [1.82, 2.24) is 0 Å². The van der Waals surface area contributed by atoms with Crippen molar-refractivity contribution in [3.05, 3.63) is 0 Å². The molecule has 3 aliphatic rings. The van der Waals surface area contributed by atoms with Gasteiger partial charge in [0.25, 0.3) is 0 Å². The summed E-state index contributed by atoms with van der Waals surface area (Å²) in [6.07, 6.45) is 6.53. The molecule has 2 fully saturated rings. The Morgan fingerprint density at radius 2 is 1.93 bits per heavy atom. The summed E-state index contributed by atoms with van der Waals surface area (Å²) in [7, 11) is 0. The van der Waals surface area contributed by atoms with Crippen molar-refractivity contribution in [1.29, 1.82) is 0 Å². The highest BCUT2D eigenvalue weighted by molar-refractivity contribution is 5.86. The number of aliphatic imine (C=N–C) groups is 1. The Bertz CT molecular complexity index is 303. The van der Waals surface area contributed by atoms with E-state index < -0.39 is 0 Å². The van der Waals surface area contributed by atoms with Gasteiger partial charge in [0.15, 0.2) is 6.10 Å². The summed E-state index contributed by atoms with van der Waals surface area (Å²) in [4.78, 5) is 4.60. The Labute approximate surface area is 90.9 Å². The molecular weight excluding hydrogens is 190 g/mol. The summed E-state index contributed by atoms with van der Waals surface area (Å²) in [5.41, 5.74) is 0.0780. The van der Waals surface area contributed by atoms with Crippen LogP contribution in [0.25, 0.3) is 0 Å². The van der Waals surface area contributed by atoms with E-state index in [9.17, 15) is 0 Å². The highest BCUT2D eigenvalue weighted by atomic mass is 16.6. The summed E-state index contributed by atoms with van der Waals surface area (Å²) in [5.74, 6) is 0.863. The van der Waals surface area contributed by atoms with Gasteiger partial charge in [-0.1, -0.05) is 19.3 Å². The third kappa shape index (κ3) is 1.57. The number of epoxide rings is 1. The van der Waals surface area contributed by atoms with E-state index in [-0.39, 0.29) is 17.2 Å². The third-order valence-corrected chi connectivity index (χ3v) is 3.68. The van der Waals surface area contributed by atoms with Gasteiger partial charge >= 0.3 is 0 Å². The average molecular weight is 209 g/mol. The maximum absolute atomic E-state index is 5.87. The van der Waals surface area contributed by atoms with Crippen LogP contribution in [-0.4, -0.2) is 29.7 Å². The van der Waals surface area contributed by atoms with Gasteiger partial charge < -0.3 is 9.47 Å². The first-order chi connectivity index (χ1) is 7.11. The molecule has 0 unspecified atom stereocenters. The molecule has 0 aromatic carbocycles. The highest BCUT2D eigenvalue weighted by Crippen LogP contribution is 2.49. The molecule has 1 atom stereocenters. The molecule has 84 valence electrons. The first-order valence-corrected chi connectivity index (χ1v) is 6.02. The number of rotatable bonds is 1. The predicted octanol–water partition coefficient (Wildman–Crippen LogP) is 2.30. The average Bonchev–Trinajstić information content (AvgIpc) is 2.75. The van der Waals surface area contributed by atoms with Crippen LogP contribution in [0.2, 0.25) is 0 Å². The van der Waals surface area contributed by atoms with Gasteiger partial charge in [-0.25, -0.2) is 4.99 Å². The zero-order valence-corrected chi connectivity index (χ0v) is 9.58. The number of nitrogens with zero attached hydrogens (tertiary/aromatic N) is 1. The van der Waals surface area contributed by atoms with Gasteiger partial charge in [0.1, 0.15) is 12.2 Å². The van der Waals surface area contributed by atoms with Crippen LogP contribution < -0.4 is 0 Å². The molecule has 2 heterocycles. The van der Waals surface area contributed by atoms with Gasteiger partial charge in [0, 0.05) is 0 Å². The van der Waals surface area contributed by atoms with E-state index in [4.69, 9.17) is 9.47 Å². The molecule has 3 rings (SSSR count). The smallest absolute Gasteiger partial charge is 0.217 e. The second-order valence-corrected chi connectivity index (χ2v) is 5.67. The Morgan fingerprint density at radius 1 is 1.20 bits per heavy atom. The number of hydrogen-bond donors (Lipinski definition) is 0. The van der Waals surface area contributed by atoms with Crippen LogP contribution in [-0.2, 0) is 9.47 Å². The SMILES string of the molecule is CC1(C)COC([C@@H]2OC23CCCCC3)=N1. The molecule has 3 nitrogen and oxygen atoms in total. The molecule has 0 radical (unpaired) electrons. The zero-order valence-electron chi connectivity index (χ0n) is 9.58. The molecule has 1 spiro atoms. The molecule has 0 N–H and O–H groups in total. The van der Waals surface area contributed by atoms with Gasteiger partial charge in [0.05, 0.1) is 5.54 Å². The van der Waals surface area contributed by atoms with Gasteiger partial charge in [-0.2, -0.15) is 0 Å². The molecule has 0 bridgehead atoms. The van der Waals surface area contributed by atoms with Gasteiger partial charge in [-0.15, -0.1) is 0 Å². The minimum atomic E-state index is -0.0445. The fourth-order valence-electron chi connectivity index (χ4n) is 2.75. The predicted molar refractivity (Wildman–Crippen MR) is 58.2 cm³/mol. The molecule has 0 aromatic heterocycles. The summed E-state index contributed by atoms with van der Waals surface area (Å²) < 4.78 is 11.5. The topological polar surface area (TPSA) is 34.1 Å². The second kappa shape index (κ2) is 2.97. The lowest BCUT2D eigenvalue weighted by molar-refractivity contribution is 0.232. The molecule has 3 heteroatoms. The van der Waals surface area contributed by atoms with Crippen molar-refractivity contribution in [2.75, 3.05) is 6.61 Å². The van der Waals surface area contributed by atoms with E-state index in [1.807, 2.05) is 0 Å². The fourth-order valence-corrected chi connectivity index (χ4v) is 2.75. The first-order valence-electron chi connectivity index (χ1n) is 6.02. The standard InChI is InChI=1S/C12H19NO2/c1-11(2)8-14-10(13-11)9-12(15-9)6-4-3-5-7-12/h9H,3-8H2,1-2H3/t9-/m0/s1. The van der Waals surface area contributed by atoms with Crippen molar-refractivity contribution in [2.45, 2.75) is 63.2 Å². The van der Waals surface area contributed by atoms with Crippen LogP contribution >= 0.6 is 0 Å². The van der Waals surface area contributed by atoms with Crippen molar-refractivity contribution in [3.8, 4) is 0 Å². The lowest BCUT2D eigenvalue weighted by Gasteiger charge is -2.17. The van der Waals surface area contributed by atoms with E-state index >= 15 is 0 Å². The lowest BCUT2D eigenvalue weighted by Crippen LogP contribution is -2.23. The van der Waals surface area contributed by atoms with Crippen LogP contribution in [0.3, 0.4) is 0 Å². The minimum absolute atomic E-state index is 0.0445. The maximum Gasteiger partial charge on any atom is 0.217 e. The largest absolute Gasteiger partial charge is 0.476 e. The molecule has 1 saturated heterocycles. The highest BCUT2D eigenvalue weighted by Gasteiger charge is 2.60. The van der Waals surface area contributed by atoms with E-state index in [0.29, 0.717) is 6.61 Å². The van der Waals surface area contributed by atoms with Gasteiger partial charge in [-0.05, 0) is 26.7 Å². The number of ether oxygens (including phenoxy) is 2. The van der Waals surface area contributed by atoms with Crippen molar-refractivity contribution in [3.63, 3.8) is 0 Å². The normalized spacial score (nSPS) is 36.1. The van der Waals surface area contributed by atoms with Crippen LogP contribution in [0, 0.1) is 0 Å². The van der Waals surface area contributed by atoms with E-state index in [2.05, 4.69) is 18.8 Å². The van der Waals surface area contributed by atoms with Crippen molar-refractivity contribution < 1.29 is 9.47 Å². The molecule has 0 aromatic rings. The molecular formula is C12H19NO2. The maximum atomic E-state index is 5.87. The van der Waals surface area contributed by atoms with Crippen LogP contribution in [0.15, 0.2) is 4.99 Å². The number of hydrogen-bond acceptors (Lipinski definition) is 3. The Hall–Kier alpha value is -0.570.